The van der Waals surface area contributed by atoms with Crippen molar-refractivity contribution in [2.45, 2.75) is 13.5 Å². The Bertz CT molecular complexity index is 537. The van der Waals surface area contributed by atoms with E-state index in [9.17, 15) is 4.79 Å². The van der Waals surface area contributed by atoms with Crippen molar-refractivity contribution in [1.82, 2.24) is 10.3 Å². The van der Waals surface area contributed by atoms with Crippen LogP contribution in [-0.2, 0) is 6.54 Å². The molecule has 88 valence electrons. The largest absolute Gasteiger partial charge is 0.465 e. The van der Waals surface area contributed by atoms with Crippen LogP contribution in [0.1, 0.15) is 22.0 Å². The Hall–Kier alpha value is -1.62. The van der Waals surface area contributed by atoms with E-state index in [2.05, 4.69) is 26.2 Å². The van der Waals surface area contributed by atoms with Crippen molar-refractivity contribution in [3.63, 3.8) is 0 Å². The highest BCUT2D eigenvalue weighted by Crippen LogP contribution is 2.08. The molecule has 0 unspecified atom stereocenters. The number of carbonyl (C=O) groups excluding carboxylic acids is 1. The molecule has 2 aromatic heterocycles. The van der Waals surface area contributed by atoms with Gasteiger partial charge in [-0.05, 0) is 47.1 Å². The van der Waals surface area contributed by atoms with E-state index >= 15 is 0 Å². The molecule has 1 amide bonds. The van der Waals surface area contributed by atoms with Crippen LogP contribution in [0.2, 0.25) is 0 Å². The average Bonchev–Trinajstić information content (AvgIpc) is 2.72. The van der Waals surface area contributed by atoms with Gasteiger partial charge in [0.05, 0.1) is 6.54 Å². The van der Waals surface area contributed by atoms with Crippen molar-refractivity contribution >= 4 is 21.8 Å². The second kappa shape index (κ2) is 5.14. The minimum atomic E-state index is -0.222. The summed E-state index contributed by atoms with van der Waals surface area (Å²) < 4.78 is 5.99. The first kappa shape index (κ1) is 11.9. The van der Waals surface area contributed by atoms with Crippen LogP contribution in [0.15, 0.2) is 39.4 Å². The molecule has 0 atom stereocenters. The molecule has 0 saturated carbocycles. The predicted molar refractivity (Wildman–Crippen MR) is 66.6 cm³/mol. The van der Waals surface area contributed by atoms with Gasteiger partial charge < -0.3 is 9.73 Å². The van der Waals surface area contributed by atoms with Crippen LogP contribution >= 0.6 is 15.9 Å². The number of aryl methyl sites for hydroxylation is 1. The molecule has 4 nitrogen and oxygen atoms in total. The van der Waals surface area contributed by atoms with Gasteiger partial charge >= 0.3 is 0 Å². The molecule has 0 fully saturated rings. The number of nitrogens with one attached hydrogen (secondary N) is 1. The second-order valence-electron chi connectivity index (χ2n) is 3.54. The number of amides is 1. The molecule has 5 heteroatoms. The van der Waals surface area contributed by atoms with Gasteiger partial charge in [0.1, 0.15) is 21.8 Å². The van der Waals surface area contributed by atoms with Crippen molar-refractivity contribution in [3.8, 4) is 0 Å². The normalized spacial score (nSPS) is 10.2. The van der Waals surface area contributed by atoms with Crippen molar-refractivity contribution in [1.29, 1.82) is 0 Å². The maximum Gasteiger partial charge on any atom is 0.270 e. The fourth-order valence-electron chi connectivity index (χ4n) is 1.37. The van der Waals surface area contributed by atoms with Gasteiger partial charge in [0.15, 0.2) is 0 Å². The standard InChI is InChI=1S/C12H11BrN2O2/c1-8-5-6-9(17-8)7-14-12(16)10-3-2-4-11(13)15-10/h2-6H,7H2,1H3,(H,14,16). The van der Waals surface area contributed by atoms with Crippen molar-refractivity contribution in [2.24, 2.45) is 0 Å². The fourth-order valence-corrected chi connectivity index (χ4v) is 1.72. The summed E-state index contributed by atoms with van der Waals surface area (Å²) in [6, 6.07) is 8.89. The highest BCUT2D eigenvalue weighted by atomic mass is 79.9. The van der Waals surface area contributed by atoms with E-state index in [1.807, 2.05) is 19.1 Å². The lowest BCUT2D eigenvalue weighted by Gasteiger charge is -2.02. The van der Waals surface area contributed by atoms with Crippen LogP contribution in [0.3, 0.4) is 0 Å². The molecule has 0 aliphatic carbocycles. The van der Waals surface area contributed by atoms with E-state index in [1.54, 1.807) is 18.2 Å². The number of hydrogen-bond acceptors (Lipinski definition) is 3. The fraction of sp³-hybridized carbons (Fsp3) is 0.167. The van der Waals surface area contributed by atoms with Gasteiger partial charge in [-0.1, -0.05) is 6.07 Å². The lowest BCUT2D eigenvalue weighted by Crippen LogP contribution is -2.23. The van der Waals surface area contributed by atoms with Crippen LogP contribution in [0.25, 0.3) is 0 Å². The molecule has 17 heavy (non-hydrogen) atoms. The summed E-state index contributed by atoms with van der Waals surface area (Å²) in [4.78, 5) is 15.8. The lowest BCUT2D eigenvalue weighted by molar-refractivity contribution is 0.0942. The molecule has 2 rings (SSSR count). The summed E-state index contributed by atoms with van der Waals surface area (Å²) in [6.07, 6.45) is 0. The zero-order valence-electron chi connectivity index (χ0n) is 9.24. The quantitative estimate of drug-likeness (QED) is 0.886. The zero-order chi connectivity index (χ0) is 12.3. The monoisotopic (exact) mass is 294 g/mol. The predicted octanol–water partition coefficient (Wildman–Crippen LogP) is 2.68. The Balaban J connectivity index is 1.98. The molecule has 2 heterocycles. The molecule has 0 bridgehead atoms. The van der Waals surface area contributed by atoms with Gasteiger partial charge in [-0.3, -0.25) is 4.79 Å². The van der Waals surface area contributed by atoms with E-state index in [1.165, 1.54) is 0 Å². The zero-order valence-corrected chi connectivity index (χ0v) is 10.8. The third-order valence-electron chi connectivity index (χ3n) is 2.17. The number of hydrogen-bond donors (Lipinski definition) is 1. The minimum Gasteiger partial charge on any atom is -0.465 e. The number of carbonyl (C=O) groups is 1. The van der Waals surface area contributed by atoms with E-state index in [0.29, 0.717) is 16.8 Å². The Kier molecular flexibility index (Phi) is 3.58. The molecule has 0 aliphatic rings. The molecule has 1 N–H and O–H groups in total. The number of halogens is 1. The Morgan fingerprint density at radius 1 is 1.41 bits per heavy atom. The van der Waals surface area contributed by atoms with Gasteiger partial charge in [0.25, 0.3) is 5.91 Å². The molecule has 2 aromatic rings. The van der Waals surface area contributed by atoms with Crippen LogP contribution in [0.5, 0.6) is 0 Å². The van der Waals surface area contributed by atoms with E-state index in [0.717, 1.165) is 11.5 Å². The summed E-state index contributed by atoms with van der Waals surface area (Å²) in [5, 5.41) is 2.74. The van der Waals surface area contributed by atoms with Crippen LogP contribution in [-0.4, -0.2) is 10.9 Å². The number of furan rings is 1. The highest BCUT2D eigenvalue weighted by molar-refractivity contribution is 9.10. The van der Waals surface area contributed by atoms with E-state index < -0.39 is 0 Å². The number of rotatable bonds is 3. The van der Waals surface area contributed by atoms with Crippen molar-refractivity contribution < 1.29 is 9.21 Å². The third kappa shape index (κ3) is 3.17. The Labute approximate surface area is 107 Å². The summed E-state index contributed by atoms with van der Waals surface area (Å²) in [5.74, 6) is 1.33. The molecule has 0 aromatic carbocycles. The number of pyridine rings is 1. The molecule has 0 saturated heterocycles. The molecule has 0 spiro atoms. The maximum atomic E-state index is 11.7. The van der Waals surface area contributed by atoms with Crippen LogP contribution in [0.4, 0.5) is 0 Å². The van der Waals surface area contributed by atoms with E-state index in [-0.39, 0.29) is 5.91 Å². The van der Waals surface area contributed by atoms with Gasteiger partial charge in [0.2, 0.25) is 0 Å². The van der Waals surface area contributed by atoms with Gasteiger partial charge in [-0.25, -0.2) is 4.98 Å². The summed E-state index contributed by atoms with van der Waals surface area (Å²) in [7, 11) is 0. The number of nitrogens with zero attached hydrogens (tertiary/aromatic N) is 1. The highest BCUT2D eigenvalue weighted by Gasteiger charge is 2.08. The SMILES string of the molecule is Cc1ccc(CNC(=O)c2cccc(Br)n2)o1. The Morgan fingerprint density at radius 3 is 2.88 bits per heavy atom. The van der Waals surface area contributed by atoms with E-state index in [4.69, 9.17) is 4.42 Å². The topological polar surface area (TPSA) is 55.1 Å². The minimum absolute atomic E-state index is 0.222. The number of aromatic nitrogens is 1. The smallest absolute Gasteiger partial charge is 0.270 e. The summed E-state index contributed by atoms with van der Waals surface area (Å²) >= 11 is 3.22. The Morgan fingerprint density at radius 2 is 2.24 bits per heavy atom. The van der Waals surface area contributed by atoms with Gasteiger partial charge in [0, 0.05) is 0 Å². The summed E-state index contributed by atoms with van der Waals surface area (Å²) in [6.45, 7) is 2.22. The third-order valence-corrected chi connectivity index (χ3v) is 2.61. The summed E-state index contributed by atoms with van der Waals surface area (Å²) in [5.41, 5.74) is 0.377. The van der Waals surface area contributed by atoms with Crippen LogP contribution < -0.4 is 5.32 Å². The van der Waals surface area contributed by atoms with Crippen LogP contribution in [0, 0.1) is 6.92 Å². The first-order valence-corrected chi connectivity index (χ1v) is 5.90. The second-order valence-corrected chi connectivity index (χ2v) is 4.35. The van der Waals surface area contributed by atoms with Crippen molar-refractivity contribution in [2.75, 3.05) is 0 Å². The molecular weight excluding hydrogens is 284 g/mol. The molecule has 0 radical (unpaired) electrons. The lowest BCUT2D eigenvalue weighted by atomic mass is 10.3. The average molecular weight is 295 g/mol. The first-order valence-electron chi connectivity index (χ1n) is 5.11. The maximum absolute atomic E-state index is 11.7. The molecule has 0 aliphatic heterocycles. The first-order chi connectivity index (χ1) is 8.15. The molecular formula is C12H11BrN2O2. The van der Waals surface area contributed by atoms with Gasteiger partial charge in [-0.2, -0.15) is 0 Å². The van der Waals surface area contributed by atoms with Crippen molar-refractivity contribution in [3.05, 3.63) is 52.1 Å². The van der Waals surface area contributed by atoms with Gasteiger partial charge in [-0.15, -0.1) is 0 Å².